The Morgan fingerprint density at radius 1 is 1.29 bits per heavy atom. The Bertz CT molecular complexity index is 594. The molecule has 134 valence electrons. The highest BCUT2D eigenvalue weighted by atomic mass is 16.5. The SMILES string of the molecule is N[C@H]1CC[C@@H](C(=O)NCc2n[nH]c(=O)[nH]2)CN(C2CCOCC2)C1. The fourth-order valence-corrected chi connectivity index (χ4v) is 3.52. The Morgan fingerprint density at radius 3 is 2.79 bits per heavy atom. The van der Waals surface area contributed by atoms with Gasteiger partial charge in [0, 0.05) is 38.4 Å². The second-order valence-corrected chi connectivity index (χ2v) is 6.67. The van der Waals surface area contributed by atoms with Crippen LogP contribution in [0.2, 0.25) is 0 Å². The van der Waals surface area contributed by atoms with Crippen LogP contribution < -0.4 is 16.7 Å². The molecule has 2 fully saturated rings. The third-order valence-corrected chi connectivity index (χ3v) is 4.87. The first-order valence-electron chi connectivity index (χ1n) is 8.60. The van der Waals surface area contributed by atoms with Gasteiger partial charge in [-0.05, 0) is 25.7 Å². The second kappa shape index (κ2) is 7.91. The van der Waals surface area contributed by atoms with Crippen molar-refractivity contribution in [2.24, 2.45) is 11.7 Å². The van der Waals surface area contributed by atoms with Gasteiger partial charge in [0.05, 0.1) is 12.5 Å². The fourth-order valence-electron chi connectivity index (χ4n) is 3.52. The number of hydrogen-bond acceptors (Lipinski definition) is 6. The molecule has 0 radical (unpaired) electrons. The molecule has 3 heterocycles. The minimum atomic E-state index is -0.370. The number of nitrogens with two attached hydrogens (primary N) is 1. The number of H-pyrrole nitrogens is 2. The summed E-state index contributed by atoms with van der Waals surface area (Å²) in [7, 11) is 0. The van der Waals surface area contributed by atoms with Crippen LogP contribution in [0.25, 0.3) is 0 Å². The van der Waals surface area contributed by atoms with Gasteiger partial charge in [0.15, 0.2) is 0 Å². The number of aromatic amines is 2. The molecule has 0 saturated carbocycles. The maximum Gasteiger partial charge on any atom is 0.340 e. The molecule has 2 aliphatic heterocycles. The molecule has 0 aromatic carbocycles. The van der Waals surface area contributed by atoms with E-state index in [0.29, 0.717) is 11.9 Å². The number of amides is 1. The Morgan fingerprint density at radius 2 is 2.08 bits per heavy atom. The summed E-state index contributed by atoms with van der Waals surface area (Å²) in [6, 6.07) is 0.550. The highest BCUT2D eigenvalue weighted by molar-refractivity contribution is 5.78. The van der Waals surface area contributed by atoms with Crippen molar-refractivity contribution in [2.45, 2.75) is 44.3 Å². The van der Waals surface area contributed by atoms with Crippen LogP contribution in [0.15, 0.2) is 4.79 Å². The van der Waals surface area contributed by atoms with Gasteiger partial charge in [-0.2, -0.15) is 5.10 Å². The molecule has 1 amide bonds. The number of ether oxygens (including phenoxy) is 1. The van der Waals surface area contributed by atoms with E-state index in [1.807, 2.05) is 0 Å². The molecule has 1 aromatic rings. The molecular formula is C15H26N6O3. The highest BCUT2D eigenvalue weighted by Crippen LogP contribution is 2.22. The standard InChI is InChI=1S/C15H26N6O3/c16-11-2-1-10(8-21(9-11)12-3-5-24-6-4-12)14(22)17-7-13-18-15(23)20-19-13/h10-12H,1-9,16H2,(H,17,22)(H2,18,19,20,23)/t10-,11+/m1/s1. The van der Waals surface area contributed by atoms with Gasteiger partial charge in [-0.15, -0.1) is 0 Å². The van der Waals surface area contributed by atoms with Gasteiger partial charge in [-0.3, -0.25) is 14.7 Å². The van der Waals surface area contributed by atoms with Gasteiger partial charge in [-0.25, -0.2) is 9.89 Å². The third kappa shape index (κ3) is 4.43. The van der Waals surface area contributed by atoms with Crippen LogP contribution in [0.1, 0.15) is 31.5 Å². The smallest absolute Gasteiger partial charge is 0.340 e. The maximum absolute atomic E-state index is 12.5. The zero-order valence-electron chi connectivity index (χ0n) is 13.8. The van der Waals surface area contributed by atoms with E-state index < -0.39 is 0 Å². The summed E-state index contributed by atoms with van der Waals surface area (Å²) < 4.78 is 5.44. The van der Waals surface area contributed by atoms with E-state index >= 15 is 0 Å². The van der Waals surface area contributed by atoms with E-state index in [0.717, 1.165) is 52.0 Å². The van der Waals surface area contributed by atoms with E-state index in [9.17, 15) is 9.59 Å². The van der Waals surface area contributed by atoms with Crippen molar-refractivity contribution < 1.29 is 9.53 Å². The monoisotopic (exact) mass is 338 g/mol. The molecule has 0 bridgehead atoms. The molecule has 2 aliphatic rings. The first-order chi connectivity index (χ1) is 11.6. The number of carbonyl (C=O) groups is 1. The van der Waals surface area contributed by atoms with Crippen molar-refractivity contribution in [3.05, 3.63) is 16.3 Å². The average Bonchev–Trinajstić information content (AvgIpc) is 2.90. The summed E-state index contributed by atoms with van der Waals surface area (Å²) in [4.78, 5) is 28.4. The zero-order chi connectivity index (χ0) is 16.9. The molecule has 0 spiro atoms. The Labute approximate surface area is 140 Å². The van der Waals surface area contributed by atoms with Gasteiger partial charge in [0.2, 0.25) is 5.91 Å². The minimum absolute atomic E-state index is 0.00925. The van der Waals surface area contributed by atoms with Crippen molar-refractivity contribution in [3.8, 4) is 0 Å². The lowest BCUT2D eigenvalue weighted by molar-refractivity contribution is -0.126. The van der Waals surface area contributed by atoms with Crippen LogP contribution >= 0.6 is 0 Å². The number of nitrogens with one attached hydrogen (secondary N) is 3. The van der Waals surface area contributed by atoms with Crippen molar-refractivity contribution in [3.63, 3.8) is 0 Å². The predicted molar refractivity (Wildman–Crippen MR) is 87.2 cm³/mol. The first-order valence-corrected chi connectivity index (χ1v) is 8.60. The lowest BCUT2D eigenvalue weighted by Gasteiger charge is -2.35. The highest BCUT2D eigenvalue weighted by Gasteiger charge is 2.31. The number of likely N-dealkylation sites (tertiary alicyclic amines) is 1. The maximum atomic E-state index is 12.5. The second-order valence-electron chi connectivity index (χ2n) is 6.67. The van der Waals surface area contributed by atoms with Crippen LogP contribution in [-0.4, -0.2) is 64.4 Å². The third-order valence-electron chi connectivity index (χ3n) is 4.87. The van der Waals surface area contributed by atoms with Crippen molar-refractivity contribution in [2.75, 3.05) is 26.3 Å². The largest absolute Gasteiger partial charge is 0.381 e. The van der Waals surface area contributed by atoms with E-state index in [4.69, 9.17) is 10.5 Å². The van der Waals surface area contributed by atoms with Gasteiger partial charge in [0.25, 0.3) is 0 Å². The summed E-state index contributed by atoms with van der Waals surface area (Å²) in [6.07, 6.45) is 3.62. The molecule has 2 atom stereocenters. The Kier molecular flexibility index (Phi) is 5.64. The van der Waals surface area contributed by atoms with E-state index in [1.54, 1.807) is 0 Å². The topological polar surface area (TPSA) is 129 Å². The van der Waals surface area contributed by atoms with Gasteiger partial charge in [-0.1, -0.05) is 0 Å². The summed E-state index contributed by atoms with van der Waals surface area (Å²) in [6.45, 7) is 3.33. The quantitative estimate of drug-likeness (QED) is 0.553. The molecule has 1 aromatic heterocycles. The molecule has 2 saturated heterocycles. The number of carbonyl (C=O) groups excluding carboxylic acids is 1. The summed E-state index contributed by atoms with van der Waals surface area (Å²) in [5, 5.41) is 8.95. The van der Waals surface area contributed by atoms with Crippen LogP contribution in [0.3, 0.4) is 0 Å². The molecule has 0 aliphatic carbocycles. The molecular weight excluding hydrogens is 312 g/mol. The molecule has 9 nitrogen and oxygen atoms in total. The van der Waals surface area contributed by atoms with Crippen molar-refractivity contribution in [1.29, 1.82) is 0 Å². The Hall–Kier alpha value is -1.71. The normalized spacial score (nSPS) is 26.9. The minimum Gasteiger partial charge on any atom is -0.381 e. The average molecular weight is 338 g/mol. The van der Waals surface area contributed by atoms with Crippen LogP contribution in [0.4, 0.5) is 0 Å². The first kappa shape index (κ1) is 17.1. The molecule has 9 heteroatoms. The number of rotatable bonds is 4. The Balaban J connectivity index is 1.58. The predicted octanol–water partition coefficient (Wildman–Crippen LogP) is -1.07. The lowest BCUT2D eigenvalue weighted by atomic mass is 10.0. The van der Waals surface area contributed by atoms with Crippen LogP contribution in [0, 0.1) is 5.92 Å². The number of hydrogen-bond donors (Lipinski definition) is 4. The van der Waals surface area contributed by atoms with Crippen molar-refractivity contribution in [1.82, 2.24) is 25.4 Å². The molecule has 24 heavy (non-hydrogen) atoms. The van der Waals surface area contributed by atoms with E-state index in [1.165, 1.54) is 0 Å². The molecule has 3 rings (SSSR count). The van der Waals surface area contributed by atoms with Gasteiger partial charge >= 0.3 is 5.69 Å². The summed E-state index contributed by atoms with van der Waals surface area (Å²) in [5.41, 5.74) is 5.83. The molecule has 5 N–H and O–H groups in total. The van der Waals surface area contributed by atoms with Crippen LogP contribution in [0.5, 0.6) is 0 Å². The van der Waals surface area contributed by atoms with E-state index in [-0.39, 0.29) is 30.1 Å². The van der Waals surface area contributed by atoms with Crippen LogP contribution in [-0.2, 0) is 16.1 Å². The lowest BCUT2D eigenvalue weighted by Crippen LogP contribution is -2.47. The summed E-state index contributed by atoms with van der Waals surface area (Å²) >= 11 is 0. The van der Waals surface area contributed by atoms with Gasteiger partial charge in [0.1, 0.15) is 5.82 Å². The number of nitrogens with zero attached hydrogens (tertiary/aromatic N) is 2. The van der Waals surface area contributed by atoms with Gasteiger partial charge < -0.3 is 15.8 Å². The number of aromatic nitrogens is 3. The van der Waals surface area contributed by atoms with E-state index in [2.05, 4.69) is 25.4 Å². The fraction of sp³-hybridized carbons (Fsp3) is 0.800. The van der Waals surface area contributed by atoms with Crippen molar-refractivity contribution >= 4 is 5.91 Å². The summed E-state index contributed by atoms with van der Waals surface area (Å²) in [5.74, 6) is 0.331. The zero-order valence-corrected chi connectivity index (χ0v) is 13.8. The molecule has 0 unspecified atom stereocenters.